The molecule has 15 rings (SSSR count). The molecule has 0 amide bonds. The summed E-state index contributed by atoms with van der Waals surface area (Å²) in [5.74, 6) is 1.78. The Morgan fingerprint density at radius 3 is 1.90 bits per heavy atom. The molecular formula is C70H49N5O2. The fourth-order valence-corrected chi connectivity index (χ4v) is 11.2. The van der Waals surface area contributed by atoms with Crippen LogP contribution in [-0.2, 0) is 5.41 Å². The molecule has 5 heterocycles. The first-order chi connectivity index (χ1) is 42.0. The van der Waals surface area contributed by atoms with Gasteiger partial charge in [-0.2, -0.15) is 0 Å². The van der Waals surface area contributed by atoms with Gasteiger partial charge in [0.05, 0.1) is 63.9 Å². The van der Waals surface area contributed by atoms with E-state index >= 15 is 0 Å². The lowest BCUT2D eigenvalue weighted by Crippen LogP contribution is -2.31. The Hall–Kier alpha value is -9.98. The van der Waals surface area contributed by atoms with Gasteiger partial charge in [0.25, 0.3) is 6.33 Å². The average molecular weight is 1000 g/mol. The number of fused-ring (bicyclic) bond motifs is 10. The van der Waals surface area contributed by atoms with Crippen LogP contribution in [0.25, 0.3) is 122 Å². The number of aromatic nitrogens is 5. The Morgan fingerprint density at radius 1 is 0.519 bits per heavy atom. The molecule has 366 valence electrons. The smallest absolute Gasteiger partial charge is 0.269 e. The van der Waals surface area contributed by atoms with Gasteiger partial charge in [-0.15, -0.1) is 0 Å². The van der Waals surface area contributed by atoms with Crippen LogP contribution in [0.4, 0.5) is 0 Å². The molecule has 77 heavy (non-hydrogen) atoms. The molecule has 0 unspecified atom stereocenters. The van der Waals surface area contributed by atoms with E-state index in [-0.39, 0.29) is 33.4 Å². The summed E-state index contributed by atoms with van der Waals surface area (Å²) in [6.45, 7) is 6.58. The van der Waals surface area contributed by atoms with Crippen molar-refractivity contribution >= 4 is 76.6 Å². The van der Waals surface area contributed by atoms with Gasteiger partial charge in [0.2, 0.25) is 0 Å². The van der Waals surface area contributed by atoms with Crippen molar-refractivity contribution in [1.29, 1.82) is 0 Å². The van der Waals surface area contributed by atoms with Crippen LogP contribution in [0, 0.1) is 6.33 Å². The fourth-order valence-electron chi connectivity index (χ4n) is 11.2. The van der Waals surface area contributed by atoms with Gasteiger partial charge in [-0.05, 0) is 118 Å². The molecule has 0 bridgehead atoms. The first kappa shape index (κ1) is 35.3. The zero-order valence-corrected chi connectivity index (χ0v) is 41.9. The van der Waals surface area contributed by atoms with Crippen molar-refractivity contribution in [3.63, 3.8) is 0 Å². The topological polar surface area (TPSA) is 53.9 Å². The lowest BCUT2D eigenvalue weighted by atomic mass is 9.88. The quantitative estimate of drug-likeness (QED) is 0.113. The molecule has 10 aromatic carbocycles. The van der Waals surface area contributed by atoms with E-state index in [9.17, 15) is 5.48 Å². The third-order valence-electron chi connectivity index (χ3n) is 14.7. The van der Waals surface area contributed by atoms with Gasteiger partial charge in [-0.1, -0.05) is 166 Å². The number of rotatable bonds is 8. The van der Waals surface area contributed by atoms with Gasteiger partial charge in [-0.3, -0.25) is 13.7 Å². The maximum atomic E-state index is 9.24. The van der Waals surface area contributed by atoms with Crippen molar-refractivity contribution < 1.29 is 27.4 Å². The summed E-state index contributed by atoms with van der Waals surface area (Å²) in [7, 11) is 0. The number of imidazole rings is 1. The van der Waals surface area contributed by atoms with Gasteiger partial charge in [0, 0.05) is 44.6 Å². The largest absolute Gasteiger partial charge is 0.458 e. The van der Waals surface area contributed by atoms with Gasteiger partial charge >= 0.3 is 0 Å². The molecule has 15 aromatic rings. The van der Waals surface area contributed by atoms with E-state index in [1.165, 1.54) is 0 Å². The van der Waals surface area contributed by atoms with Crippen molar-refractivity contribution in [2.45, 2.75) is 26.2 Å². The highest BCUT2D eigenvalue weighted by atomic mass is 16.5. The van der Waals surface area contributed by atoms with Crippen molar-refractivity contribution in [3.05, 3.63) is 254 Å². The highest BCUT2D eigenvalue weighted by Crippen LogP contribution is 2.43. The lowest BCUT2D eigenvalue weighted by Gasteiger charge is -2.20. The van der Waals surface area contributed by atoms with Gasteiger partial charge in [0.1, 0.15) is 28.5 Å². The lowest BCUT2D eigenvalue weighted by molar-refractivity contribution is -0.571. The molecule has 0 aliphatic heterocycles. The van der Waals surface area contributed by atoms with Crippen molar-refractivity contribution in [2.75, 3.05) is 0 Å². The first-order valence-corrected chi connectivity index (χ1v) is 25.4. The number of para-hydroxylation sites is 4. The van der Waals surface area contributed by atoms with Crippen molar-refractivity contribution in [1.82, 2.24) is 18.7 Å². The number of furan rings is 1. The number of benzene rings is 10. The second-order valence-corrected chi connectivity index (χ2v) is 20.2. The number of hydrogen-bond donors (Lipinski definition) is 0. The second kappa shape index (κ2) is 17.3. The standard InChI is InChI=1S/C70H49N5O2/c1-70(2,3)47-37-38-71-67(39-47)75-61-33-18-32-60(74-58-30-13-10-25-53(58)54-26-11-14-31-59(54)74)68(61)56-36-35-50(41-62(56)75)76-49-24-16-23-48(40-49)72-44-73(64-43-66-57(42-63(64)72)55-27-12-15-34-65(55)77-66)69-51(45-19-6-4-7-20-45)28-17-29-52(69)46-21-8-5-9-22-46/h4-43H,1-3H3/i4D,5D,6D,7D,8D,9D,19D,20D,21D,22D. The Kier molecular flexibility index (Phi) is 7.92. The van der Waals surface area contributed by atoms with Crippen LogP contribution in [0.3, 0.4) is 0 Å². The average Bonchev–Trinajstić information content (AvgIpc) is 1.70. The molecule has 0 N–H and O–H groups in total. The number of ether oxygens (including phenoxy) is 1. The van der Waals surface area contributed by atoms with Crippen LogP contribution in [0.5, 0.6) is 11.5 Å². The highest BCUT2D eigenvalue weighted by molar-refractivity contribution is 6.17. The number of hydrogen-bond acceptors (Lipinski definition) is 3. The number of nitrogens with zero attached hydrogens (tertiary/aromatic N) is 5. The third-order valence-corrected chi connectivity index (χ3v) is 14.7. The molecule has 0 saturated heterocycles. The molecule has 0 aliphatic rings. The van der Waals surface area contributed by atoms with Gasteiger partial charge < -0.3 is 13.7 Å². The summed E-state index contributed by atoms with van der Waals surface area (Å²) in [6, 6.07) is 52.1. The molecule has 0 spiro atoms. The molecule has 0 aliphatic carbocycles. The highest BCUT2D eigenvalue weighted by Gasteiger charge is 2.25. The zero-order chi connectivity index (χ0) is 60.1. The van der Waals surface area contributed by atoms with Crippen molar-refractivity contribution in [3.8, 4) is 56.6 Å². The van der Waals surface area contributed by atoms with Crippen LogP contribution in [-0.4, -0.2) is 18.7 Å². The normalized spacial score (nSPS) is 13.9. The summed E-state index contributed by atoms with van der Waals surface area (Å²) in [5, 5.41) is 5.98. The minimum Gasteiger partial charge on any atom is -0.458 e. The summed E-state index contributed by atoms with van der Waals surface area (Å²) in [5.41, 5.74) is 8.82. The van der Waals surface area contributed by atoms with E-state index < -0.39 is 60.4 Å². The molecule has 7 nitrogen and oxygen atoms in total. The van der Waals surface area contributed by atoms with E-state index in [4.69, 9.17) is 22.4 Å². The molecule has 0 fully saturated rings. The molecule has 0 saturated carbocycles. The first-order valence-electron chi connectivity index (χ1n) is 30.4. The minimum absolute atomic E-state index is 0.119. The monoisotopic (exact) mass is 1000 g/mol. The SMILES string of the molecule is [2H]c1c([2H])c([2H])c(-c2cccc(-c3c([2H])c([2H])c([2H])c([2H])c3[2H])c2-[n+]2[c-]n(-c3cccc(Oc4ccc5c6c(-n7c8ccccc8c8ccccc87)cccc6n(-c6cc(C(C)(C)C)ccn6)c5c4)c3)c3cc4c(cc32)oc2ccccc24)c([2H])c1[2H]. The van der Waals surface area contributed by atoms with E-state index in [2.05, 4.69) is 121 Å². The van der Waals surface area contributed by atoms with Crippen LogP contribution in [0.15, 0.2) is 247 Å². The predicted octanol–water partition coefficient (Wildman–Crippen LogP) is 17.6. The Bertz CT molecular complexity index is 5260. The molecule has 0 radical (unpaired) electrons. The summed E-state index contributed by atoms with van der Waals surface area (Å²) >= 11 is 0. The maximum absolute atomic E-state index is 9.24. The molecule has 7 heteroatoms. The van der Waals surface area contributed by atoms with Crippen LogP contribution < -0.4 is 9.30 Å². The van der Waals surface area contributed by atoms with Crippen LogP contribution in [0.1, 0.15) is 40.0 Å². The Balaban J connectivity index is 0.947. The summed E-state index contributed by atoms with van der Waals surface area (Å²) in [6.07, 6.45) is 5.41. The minimum atomic E-state index is -0.586. The summed E-state index contributed by atoms with van der Waals surface area (Å²) in [4.78, 5) is 5.03. The third kappa shape index (κ3) is 7.19. The predicted molar refractivity (Wildman–Crippen MR) is 313 cm³/mol. The maximum Gasteiger partial charge on any atom is 0.269 e. The van der Waals surface area contributed by atoms with Gasteiger partial charge in [0.15, 0.2) is 0 Å². The number of pyridine rings is 1. The second-order valence-electron chi connectivity index (χ2n) is 20.2. The van der Waals surface area contributed by atoms with E-state index in [0.717, 1.165) is 71.5 Å². The van der Waals surface area contributed by atoms with Crippen LogP contribution in [0.2, 0.25) is 0 Å². The Labute approximate surface area is 458 Å². The van der Waals surface area contributed by atoms with Crippen LogP contribution >= 0.6 is 0 Å². The van der Waals surface area contributed by atoms with E-state index in [0.29, 0.717) is 39.4 Å². The zero-order valence-electron chi connectivity index (χ0n) is 51.9. The van der Waals surface area contributed by atoms with E-state index in [1.54, 1.807) is 22.8 Å². The van der Waals surface area contributed by atoms with E-state index in [1.807, 2.05) is 83.6 Å². The Morgan fingerprint density at radius 2 is 1.17 bits per heavy atom. The summed E-state index contributed by atoms with van der Waals surface area (Å²) < 4.78 is 110. The van der Waals surface area contributed by atoms with Crippen molar-refractivity contribution in [2.24, 2.45) is 0 Å². The van der Waals surface area contributed by atoms with Gasteiger partial charge in [-0.25, -0.2) is 4.98 Å². The fraction of sp³-hybridized carbons (Fsp3) is 0.0571. The molecule has 0 atom stereocenters. The molecular weight excluding hydrogens is 943 g/mol. The molecule has 5 aromatic heterocycles.